The van der Waals surface area contributed by atoms with Gasteiger partial charge >= 0.3 is 5.97 Å². The van der Waals surface area contributed by atoms with Crippen molar-refractivity contribution >= 4 is 17.6 Å². The maximum Gasteiger partial charge on any atom is 0.338 e. The summed E-state index contributed by atoms with van der Waals surface area (Å²) in [6, 6.07) is 6.74. The monoisotopic (exact) mass is 291 g/mol. The Morgan fingerprint density at radius 1 is 1.33 bits per heavy atom. The smallest absolute Gasteiger partial charge is 0.338 e. The zero-order chi connectivity index (χ0) is 15.1. The fraction of sp³-hybridized carbons (Fsp3) is 0.500. The maximum atomic E-state index is 12.0. The fourth-order valence-corrected chi connectivity index (χ4v) is 2.16. The number of amides is 1. The third-order valence-corrected chi connectivity index (χ3v) is 3.36. The molecule has 1 unspecified atom stereocenters. The van der Waals surface area contributed by atoms with Gasteiger partial charge in [0.25, 0.3) is 0 Å². The molecule has 0 aliphatic carbocycles. The molecule has 0 aromatic heterocycles. The topological polar surface area (TPSA) is 64.6 Å². The van der Waals surface area contributed by atoms with Crippen LogP contribution in [0.4, 0.5) is 5.69 Å². The normalized spacial score (nSPS) is 18.0. The van der Waals surface area contributed by atoms with Crippen LogP contribution in [0.25, 0.3) is 0 Å². The summed E-state index contributed by atoms with van der Waals surface area (Å²) in [4.78, 5) is 23.7. The molecule has 1 fully saturated rings. The van der Waals surface area contributed by atoms with Gasteiger partial charge in [-0.15, -0.1) is 0 Å². The van der Waals surface area contributed by atoms with Crippen LogP contribution in [0.15, 0.2) is 24.3 Å². The zero-order valence-electron chi connectivity index (χ0n) is 12.3. The van der Waals surface area contributed by atoms with Crippen molar-refractivity contribution in [3.8, 4) is 0 Å². The minimum atomic E-state index is -0.338. The van der Waals surface area contributed by atoms with E-state index in [2.05, 4.69) is 5.32 Å². The lowest BCUT2D eigenvalue weighted by Crippen LogP contribution is -2.30. The predicted octanol–water partition coefficient (Wildman–Crippen LogP) is 2.62. The van der Waals surface area contributed by atoms with E-state index in [9.17, 15) is 9.59 Å². The van der Waals surface area contributed by atoms with Crippen LogP contribution in [0, 0.1) is 5.92 Å². The highest BCUT2D eigenvalue weighted by Gasteiger charge is 2.21. The average Bonchev–Trinajstić information content (AvgIpc) is 2.54. The van der Waals surface area contributed by atoms with Gasteiger partial charge in [-0.2, -0.15) is 0 Å². The minimum Gasteiger partial charge on any atom is -0.462 e. The number of benzene rings is 1. The highest BCUT2D eigenvalue weighted by molar-refractivity contribution is 5.94. The van der Waals surface area contributed by atoms with Crippen molar-refractivity contribution in [3.05, 3.63) is 29.8 Å². The summed E-state index contributed by atoms with van der Waals surface area (Å²) in [7, 11) is 0. The molecule has 114 valence electrons. The fourth-order valence-electron chi connectivity index (χ4n) is 2.16. The van der Waals surface area contributed by atoms with Gasteiger partial charge in [0.05, 0.1) is 24.7 Å². The molecule has 5 nitrogen and oxygen atoms in total. The molecule has 0 spiro atoms. The van der Waals surface area contributed by atoms with Gasteiger partial charge in [0.15, 0.2) is 0 Å². The summed E-state index contributed by atoms with van der Waals surface area (Å²) in [6.07, 6.45) is 2.57. The first kappa shape index (κ1) is 15.5. The molecule has 2 rings (SSSR count). The van der Waals surface area contributed by atoms with Gasteiger partial charge < -0.3 is 14.8 Å². The molecule has 0 bridgehead atoms. The van der Waals surface area contributed by atoms with Crippen LogP contribution in [0.2, 0.25) is 0 Å². The van der Waals surface area contributed by atoms with Crippen LogP contribution >= 0.6 is 0 Å². The van der Waals surface area contributed by atoms with Gasteiger partial charge in [-0.1, -0.05) is 6.92 Å². The Labute approximate surface area is 124 Å². The van der Waals surface area contributed by atoms with Crippen LogP contribution in [-0.4, -0.2) is 31.7 Å². The number of hydrogen-bond acceptors (Lipinski definition) is 4. The van der Waals surface area contributed by atoms with Gasteiger partial charge in [-0.25, -0.2) is 4.79 Å². The van der Waals surface area contributed by atoms with Gasteiger partial charge in [-0.3, -0.25) is 4.79 Å². The Morgan fingerprint density at radius 2 is 2.10 bits per heavy atom. The van der Waals surface area contributed by atoms with Crippen molar-refractivity contribution in [3.63, 3.8) is 0 Å². The molecule has 1 aromatic carbocycles. The average molecular weight is 291 g/mol. The number of nitrogens with one attached hydrogen (secondary N) is 1. The van der Waals surface area contributed by atoms with E-state index in [1.54, 1.807) is 24.3 Å². The highest BCUT2D eigenvalue weighted by atomic mass is 16.5. The van der Waals surface area contributed by atoms with E-state index in [1.165, 1.54) is 0 Å². The number of esters is 1. The SMILES string of the molecule is CCCOC(=O)c1ccc(NC(=O)C2CCCOC2)cc1. The van der Waals surface area contributed by atoms with E-state index in [1.807, 2.05) is 6.92 Å². The number of anilines is 1. The van der Waals surface area contributed by atoms with Crippen molar-refractivity contribution in [1.82, 2.24) is 0 Å². The predicted molar refractivity (Wildman–Crippen MR) is 79.2 cm³/mol. The van der Waals surface area contributed by atoms with Crippen LogP contribution in [0.5, 0.6) is 0 Å². The molecule has 1 saturated heterocycles. The Balaban J connectivity index is 1.89. The van der Waals surface area contributed by atoms with Crippen LogP contribution < -0.4 is 5.32 Å². The van der Waals surface area contributed by atoms with Crippen LogP contribution in [-0.2, 0) is 14.3 Å². The van der Waals surface area contributed by atoms with Crippen molar-refractivity contribution in [2.75, 3.05) is 25.1 Å². The number of ether oxygens (including phenoxy) is 2. The largest absolute Gasteiger partial charge is 0.462 e. The van der Waals surface area contributed by atoms with E-state index in [0.29, 0.717) is 24.5 Å². The van der Waals surface area contributed by atoms with Gasteiger partial charge in [0, 0.05) is 12.3 Å². The first-order valence-electron chi connectivity index (χ1n) is 7.36. The van der Waals surface area contributed by atoms with Gasteiger partial charge in [-0.05, 0) is 43.5 Å². The third kappa shape index (κ3) is 4.56. The molecule has 0 saturated carbocycles. The second-order valence-electron chi connectivity index (χ2n) is 5.12. The van der Waals surface area contributed by atoms with E-state index in [-0.39, 0.29) is 17.8 Å². The molecule has 1 aliphatic rings. The summed E-state index contributed by atoms with van der Waals surface area (Å²) in [6.45, 7) is 3.57. The summed E-state index contributed by atoms with van der Waals surface area (Å²) < 4.78 is 10.4. The Bertz CT molecular complexity index is 478. The van der Waals surface area contributed by atoms with Crippen LogP contribution in [0.3, 0.4) is 0 Å². The number of hydrogen-bond donors (Lipinski definition) is 1. The number of rotatable bonds is 5. The first-order chi connectivity index (χ1) is 10.2. The standard InChI is InChI=1S/C16H21NO4/c1-2-9-21-16(19)12-5-7-14(8-6-12)17-15(18)13-4-3-10-20-11-13/h5-8,13H,2-4,9-11H2,1H3,(H,17,18). The lowest BCUT2D eigenvalue weighted by molar-refractivity contribution is -0.123. The molecule has 5 heteroatoms. The van der Waals surface area contributed by atoms with Crippen molar-refractivity contribution in [2.45, 2.75) is 26.2 Å². The first-order valence-corrected chi connectivity index (χ1v) is 7.36. The lowest BCUT2D eigenvalue weighted by atomic mass is 10.0. The lowest BCUT2D eigenvalue weighted by Gasteiger charge is -2.21. The van der Waals surface area contributed by atoms with E-state index < -0.39 is 0 Å². The van der Waals surface area contributed by atoms with Crippen molar-refractivity contribution in [2.24, 2.45) is 5.92 Å². The summed E-state index contributed by atoms with van der Waals surface area (Å²) in [5.74, 6) is -0.459. The highest BCUT2D eigenvalue weighted by Crippen LogP contribution is 2.17. The molecule has 21 heavy (non-hydrogen) atoms. The molecule has 0 radical (unpaired) electrons. The number of carbonyl (C=O) groups is 2. The Kier molecular flexibility index (Phi) is 5.75. The van der Waals surface area contributed by atoms with Crippen molar-refractivity contribution in [1.29, 1.82) is 0 Å². The maximum absolute atomic E-state index is 12.0. The second kappa shape index (κ2) is 7.78. The summed E-state index contributed by atoms with van der Waals surface area (Å²) in [5, 5.41) is 2.85. The third-order valence-electron chi connectivity index (χ3n) is 3.36. The Morgan fingerprint density at radius 3 is 2.71 bits per heavy atom. The number of carbonyl (C=O) groups excluding carboxylic acids is 2. The molecule has 1 heterocycles. The molecular weight excluding hydrogens is 270 g/mol. The molecular formula is C16H21NO4. The van der Waals surface area contributed by atoms with Crippen LogP contribution in [0.1, 0.15) is 36.5 Å². The van der Waals surface area contributed by atoms with Gasteiger partial charge in [0.2, 0.25) is 5.91 Å². The second-order valence-corrected chi connectivity index (χ2v) is 5.12. The molecule has 1 N–H and O–H groups in total. The van der Waals surface area contributed by atoms with E-state index >= 15 is 0 Å². The molecule has 1 aliphatic heterocycles. The van der Waals surface area contributed by atoms with Gasteiger partial charge in [0.1, 0.15) is 0 Å². The molecule has 1 aromatic rings. The zero-order valence-corrected chi connectivity index (χ0v) is 12.3. The van der Waals surface area contributed by atoms with E-state index in [4.69, 9.17) is 9.47 Å². The minimum absolute atomic E-state index is 0.0315. The molecule has 1 atom stereocenters. The quantitative estimate of drug-likeness (QED) is 0.847. The molecule has 1 amide bonds. The van der Waals surface area contributed by atoms with Crippen molar-refractivity contribution < 1.29 is 19.1 Å². The van der Waals surface area contributed by atoms with E-state index in [0.717, 1.165) is 25.9 Å². The summed E-state index contributed by atoms with van der Waals surface area (Å²) in [5.41, 5.74) is 1.17. The summed E-state index contributed by atoms with van der Waals surface area (Å²) >= 11 is 0. The Hall–Kier alpha value is -1.88.